The second-order valence-electron chi connectivity index (χ2n) is 6.10. The summed E-state index contributed by atoms with van der Waals surface area (Å²) in [5, 5.41) is 19.9. The molecule has 0 saturated carbocycles. The summed E-state index contributed by atoms with van der Waals surface area (Å²) in [4.78, 5) is 0.716. The van der Waals surface area contributed by atoms with Gasteiger partial charge in [-0.2, -0.15) is 0 Å². The predicted molar refractivity (Wildman–Crippen MR) is 103 cm³/mol. The van der Waals surface area contributed by atoms with E-state index in [0.717, 1.165) is 27.6 Å². The molecular weight excluding hydrogens is 340 g/mol. The first-order chi connectivity index (χ1) is 12.8. The van der Waals surface area contributed by atoms with Gasteiger partial charge in [0.2, 0.25) is 0 Å². The van der Waals surface area contributed by atoms with Gasteiger partial charge in [-0.15, -0.1) is 0 Å². The maximum absolute atomic E-state index is 13.1. The Morgan fingerprint density at radius 2 is 1.27 bits per heavy atom. The molecule has 0 saturated heterocycles. The second kappa shape index (κ2) is 5.93. The van der Waals surface area contributed by atoms with Gasteiger partial charge in [0, 0.05) is 20.0 Å². The van der Waals surface area contributed by atoms with Crippen LogP contribution < -0.4 is 9.01 Å². The summed E-state index contributed by atoms with van der Waals surface area (Å²) in [6, 6.07) is 27.9. The molecule has 5 rings (SSSR count). The van der Waals surface area contributed by atoms with Crippen LogP contribution in [0.3, 0.4) is 0 Å². The lowest BCUT2D eigenvalue weighted by Crippen LogP contribution is -2.22. The van der Waals surface area contributed by atoms with Crippen LogP contribution in [0.4, 0.5) is 0 Å². The Bertz CT molecular complexity index is 1230. The van der Waals surface area contributed by atoms with Crippen molar-refractivity contribution in [2.24, 2.45) is 0 Å². The van der Waals surface area contributed by atoms with Gasteiger partial charge in [-0.05, 0) is 17.4 Å². The fraction of sp³-hybridized carbons (Fsp3) is 0. The Hall–Kier alpha value is -3.24. The fourth-order valence-electron chi connectivity index (χ4n) is 3.29. The Morgan fingerprint density at radius 1 is 0.692 bits per heavy atom. The maximum Gasteiger partial charge on any atom is 0.255 e. The number of aromatic nitrogens is 2. The minimum Gasteiger partial charge on any atom is -0.867 e. The summed E-state index contributed by atoms with van der Waals surface area (Å²) in [5.74, 6) is 0.0320. The van der Waals surface area contributed by atoms with E-state index >= 15 is 0 Å². The van der Waals surface area contributed by atoms with Crippen LogP contribution in [-0.4, -0.2) is 5.10 Å². The Kier molecular flexibility index (Phi) is 3.43. The highest BCUT2D eigenvalue weighted by Gasteiger charge is 2.23. The largest absolute Gasteiger partial charge is 0.867 e. The van der Waals surface area contributed by atoms with E-state index in [9.17, 15) is 5.11 Å². The average Bonchev–Trinajstić information content (AvgIpc) is 3.05. The molecule has 0 aliphatic heterocycles. The molecule has 3 aromatic carbocycles. The lowest BCUT2D eigenvalue weighted by Gasteiger charge is -2.05. The van der Waals surface area contributed by atoms with Gasteiger partial charge >= 0.3 is 0 Å². The number of rotatable bonds is 2. The molecule has 124 valence electrons. The second-order valence-corrected chi connectivity index (χ2v) is 7.03. The topological polar surface area (TPSA) is 40.0 Å². The predicted octanol–water partition coefficient (Wildman–Crippen LogP) is 4.44. The van der Waals surface area contributed by atoms with E-state index < -0.39 is 0 Å². The Labute approximate surface area is 154 Å². The van der Waals surface area contributed by atoms with Gasteiger partial charge in [-0.1, -0.05) is 78.9 Å². The van der Waals surface area contributed by atoms with E-state index in [1.165, 1.54) is 11.5 Å². The molecule has 2 heterocycles. The monoisotopic (exact) mass is 354 g/mol. The van der Waals surface area contributed by atoms with E-state index in [0.29, 0.717) is 10.4 Å². The van der Waals surface area contributed by atoms with E-state index in [2.05, 4.69) is 0 Å². The third-order valence-corrected chi connectivity index (χ3v) is 5.54. The minimum atomic E-state index is 0.0320. The zero-order valence-corrected chi connectivity index (χ0v) is 14.6. The van der Waals surface area contributed by atoms with Crippen molar-refractivity contribution in [3.8, 4) is 27.4 Å². The summed E-state index contributed by atoms with van der Waals surface area (Å²) in [5.41, 5.74) is 3.50. The number of nitrogens with zero attached hydrogens (tertiary/aromatic N) is 2. The van der Waals surface area contributed by atoms with Crippen molar-refractivity contribution in [1.82, 2.24) is 5.10 Å². The molecule has 0 unspecified atom stereocenters. The van der Waals surface area contributed by atoms with Gasteiger partial charge in [0.05, 0.1) is 5.39 Å². The van der Waals surface area contributed by atoms with Crippen molar-refractivity contribution in [2.45, 2.75) is 0 Å². The van der Waals surface area contributed by atoms with Crippen molar-refractivity contribution >= 4 is 27.8 Å². The molecule has 0 N–H and O–H groups in total. The van der Waals surface area contributed by atoms with Gasteiger partial charge in [-0.25, -0.2) is 0 Å². The molecule has 0 bridgehead atoms. The van der Waals surface area contributed by atoms with Gasteiger partial charge in [0.15, 0.2) is 11.5 Å². The van der Waals surface area contributed by atoms with E-state index in [1.54, 1.807) is 3.90 Å². The number of benzene rings is 3. The molecule has 3 nitrogen and oxygen atoms in total. The molecule has 2 aromatic heterocycles. The molecule has 26 heavy (non-hydrogen) atoms. The molecule has 0 fully saturated rings. The quantitative estimate of drug-likeness (QED) is 0.440. The fourth-order valence-corrected chi connectivity index (χ4v) is 4.28. The maximum atomic E-state index is 13.1. The molecule has 0 atom stereocenters. The Morgan fingerprint density at radius 3 is 1.96 bits per heavy atom. The van der Waals surface area contributed by atoms with Crippen LogP contribution >= 0.6 is 11.5 Å². The molecule has 4 heteroatoms. The summed E-state index contributed by atoms with van der Waals surface area (Å²) in [6.45, 7) is 0. The van der Waals surface area contributed by atoms with E-state index in [1.807, 2.05) is 84.9 Å². The highest BCUT2D eigenvalue weighted by molar-refractivity contribution is 7.06. The van der Waals surface area contributed by atoms with Crippen LogP contribution in [0.5, 0.6) is 5.75 Å². The smallest absolute Gasteiger partial charge is 0.255 e. The normalized spacial score (nSPS) is 11.2. The van der Waals surface area contributed by atoms with Crippen LogP contribution in [-0.2, 0) is 0 Å². The first-order valence-electron chi connectivity index (χ1n) is 8.39. The minimum absolute atomic E-state index is 0.0320. The first-order valence-corrected chi connectivity index (χ1v) is 9.16. The van der Waals surface area contributed by atoms with Gasteiger partial charge < -0.3 is 5.11 Å². The number of fused-ring (bicyclic) bond motifs is 3. The summed E-state index contributed by atoms with van der Waals surface area (Å²) in [7, 11) is 0. The highest BCUT2D eigenvalue weighted by atomic mass is 32.1. The van der Waals surface area contributed by atoms with E-state index in [-0.39, 0.29) is 5.75 Å². The average molecular weight is 354 g/mol. The first kappa shape index (κ1) is 15.0. The third-order valence-electron chi connectivity index (χ3n) is 4.50. The summed E-state index contributed by atoms with van der Waals surface area (Å²) >= 11 is 1.39. The van der Waals surface area contributed by atoms with Crippen molar-refractivity contribution in [3.05, 3.63) is 84.9 Å². The van der Waals surface area contributed by atoms with Crippen molar-refractivity contribution in [2.75, 3.05) is 0 Å². The molecule has 5 aromatic rings. The number of hydrogen-bond donors (Lipinski definition) is 0. The molecule has 0 aliphatic carbocycles. The van der Waals surface area contributed by atoms with Gasteiger partial charge in [-0.3, -0.25) is 0 Å². The van der Waals surface area contributed by atoms with Gasteiger partial charge in [0.1, 0.15) is 10.6 Å². The van der Waals surface area contributed by atoms with E-state index in [4.69, 9.17) is 5.10 Å². The Balaban J connectivity index is 1.89. The molecule has 0 aliphatic rings. The lowest BCUT2D eigenvalue weighted by molar-refractivity contribution is -0.506. The molecular formula is C22H14N2OS. The van der Waals surface area contributed by atoms with Crippen LogP contribution in [0.1, 0.15) is 0 Å². The molecule has 0 amide bonds. The summed E-state index contributed by atoms with van der Waals surface area (Å²) in [6.07, 6.45) is 0. The van der Waals surface area contributed by atoms with Crippen LogP contribution in [0.15, 0.2) is 84.9 Å². The molecule has 0 radical (unpaired) electrons. The van der Waals surface area contributed by atoms with Gasteiger partial charge in [0.25, 0.3) is 5.52 Å². The highest BCUT2D eigenvalue weighted by Crippen LogP contribution is 2.37. The van der Waals surface area contributed by atoms with Crippen molar-refractivity contribution < 1.29 is 9.01 Å². The standard InChI is InChI=1S/C22H14N2OS/c25-21-20-18-14-8-7-13-17(18)19(15-9-3-1-4-10-15)23-24(20)26-22(21)16-11-5-2-6-12-16/h1-14H. The van der Waals surface area contributed by atoms with Crippen LogP contribution in [0, 0.1) is 0 Å². The van der Waals surface area contributed by atoms with Crippen LogP contribution in [0.25, 0.3) is 38.0 Å². The SMILES string of the molecule is [O-]c1c(-c2ccccc2)s[n+]2nc(-c3ccccc3)c3ccccc3c12. The zero-order chi connectivity index (χ0) is 17.5. The third kappa shape index (κ3) is 2.27. The van der Waals surface area contributed by atoms with Crippen molar-refractivity contribution in [1.29, 1.82) is 0 Å². The zero-order valence-electron chi connectivity index (χ0n) is 13.8. The van der Waals surface area contributed by atoms with Crippen LogP contribution in [0.2, 0.25) is 0 Å². The lowest BCUT2D eigenvalue weighted by atomic mass is 10.0. The number of hydrogen-bond acceptors (Lipinski definition) is 3. The molecule has 0 spiro atoms. The summed E-state index contributed by atoms with van der Waals surface area (Å²) < 4.78 is 1.77. The van der Waals surface area contributed by atoms with Crippen molar-refractivity contribution in [3.63, 3.8) is 0 Å².